The van der Waals surface area contributed by atoms with E-state index in [9.17, 15) is 9.90 Å². The third kappa shape index (κ3) is 2.80. The second-order valence-corrected chi connectivity index (χ2v) is 3.82. The highest BCUT2D eigenvalue weighted by Crippen LogP contribution is 2.22. The van der Waals surface area contributed by atoms with E-state index in [0.29, 0.717) is 17.9 Å². The molecule has 1 aromatic rings. The predicted molar refractivity (Wildman–Crippen MR) is 58.2 cm³/mol. The maximum atomic E-state index is 11.8. The fraction of sp³-hybridized carbons (Fsp3) is 0.417. The SMILES string of the molecule is CCOc1ccccc1C(=O)C(C)(C)O. The molecular formula is C12H16O3. The van der Waals surface area contributed by atoms with Crippen molar-refractivity contribution in [3.63, 3.8) is 0 Å². The van der Waals surface area contributed by atoms with Crippen LogP contribution in [0.4, 0.5) is 0 Å². The minimum atomic E-state index is -1.37. The fourth-order valence-corrected chi connectivity index (χ4v) is 1.27. The Morgan fingerprint density at radius 1 is 1.40 bits per heavy atom. The van der Waals surface area contributed by atoms with Gasteiger partial charge < -0.3 is 9.84 Å². The summed E-state index contributed by atoms with van der Waals surface area (Å²) in [4.78, 5) is 11.8. The molecule has 0 amide bonds. The number of carbonyl (C=O) groups excluding carboxylic acids is 1. The van der Waals surface area contributed by atoms with E-state index in [2.05, 4.69) is 0 Å². The molecule has 1 aromatic carbocycles. The van der Waals surface area contributed by atoms with Crippen LogP contribution in [0.25, 0.3) is 0 Å². The third-order valence-corrected chi connectivity index (χ3v) is 1.99. The average molecular weight is 208 g/mol. The van der Waals surface area contributed by atoms with Crippen molar-refractivity contribution in [2.75, 3.05) is 6.61 Å². The zero-order valence-corrected chi connectivity index (χ0v) is 9.28. The first-order valence-electron chi connectivity index (χ1n) is 4.95. The Bertz CT molecular complexity index is 350. The third-order valence-electron chi connectivity index (χ3n) is 1.99. The van der Waals surface area contributed by atoms with Crippen LogP contribution < -0.4 is 4.74 Å². The zero-order chi connectivity index (χ0) is 11.5. The molecule has 1 N–H and O–H groups in total. The molecule has 0 atom stereocenters. The van der Waals surface area contributed by atoms with Crippen molar-refractivity contribution in [3.8, 4) is 5.75 Å². The summed E-state index contributed by atoms with van der Waals surface area (Å²) >= 11 is 0. The lowest BCUT2D eigenvalue weighted by molar-refractivity contribution is 0.0484. The normalized spacial score (nSPS) is 11.2. The van der Waals surface area contributed by atoms with E-state index in [4.69, 9.17) is 4.74 Å². The topological polar surface area (TPSA) is 46.5 Å². The number of benzene rings is 1. The highest BCUT2D eigenvalue weighted by molar-refractivity contribution is 6.03. The van der Waals surface area contributed by atoms with Crippen LogP contribution >= 0.6 is 0 Å². The van der Waals surface area contributed by atoms with Crippen molar-refractivity contribution in [3.05, 3.63) is 29.8 Å². The molecule has 3 nitrogen and oxygen atoms in total. The van der Waals surface area contributed by atoms with Crippen LogP contribution in [-0.2, 0) is 0 Å². The number of Topliss-reactive ketones (excluding diaryl/α,β-unsaturated/α-hetero) is 1. The number of para-hydroxylation sites is 1. The number of carbonyl (C=O) groups is 1. The molecule has 0 saturated carbocycles. The molecule has 0 aliphatic carbocycles. The summed E-state index contributed by atoms with van der Waals surface area (Å²) in [6.45, 7) is 5.29. The molecule has 0 heterocycles. The van der Waals surface area contributed by atoms with Gasteiger partial charge in [-0.1, -0.05) is 12.1 Å². The van der Waals surface area contributed by atoms with Gasteiger partial charge in [-0.2, -0.15) is 0 Å². The van der Waals surface area contributed by atoms with E-state index in [-0.39, 0.29) is 5.78 Å². The van der Waals surface area contributed by atoms with Crippen LogP contribution in [0.5, 0.6) is 5.75 Å². The van der Waals surface area contributed by atoms with Crippen LogP contribution in [0.1, 0.15) is 31.1 Å². The van der Waals surface area contributed by atoms with E-state index in [1.807, 2.05) is 6.92 Å². The second kappa shape index (κ2) is 4.45. The van der Waals surface area contributed by atoms with Gasteiger partial charge in [-0.05, 0) is 32.9 Å². The maximum Gasteiger partial charge on any atom is 0.197 e. The van der Waals surface area contributed by atoms with Gasteiger partial charge in [-0.3, -0.25) is 4.79 Å². The molecule has 0 fully saturated rings. The number of ketones is 1. The van der Waals surface area contributed by atoms with Gasteiger partial charge in [0.1, 0.15) is 11.4 Å². The number of ether oxygens (including phenoxy) is 1. The van der Waals surface area contributed by atoms with Crippen LogP contribution in [0.3, 0.4) is 0 Å². The molecule has 82 valence electrons. The van der Waals surface area contributed by atoms with Crippen LogP contribution in [0.2, 0.25) is 0 Å². The zero-order valence-electron chi connectivity index (χ0n) is 9.28. The first kappa shape index (κ1) is 11.7. The number of hydrogen-bond acceptors (Lipinski definition) is 3. The summed E-state index contributed by atoms with van der Waals surface area (Å²) in [6, 6.07) is 6.93. The number of hydrogen-bond donors (Lipinski definition) is 1. The van der Waals surface area contributed by atoms with Crippen molar-refractivity contribution in [2.45, 2.75) is 26.4 Å². The maximum absolute atomic E-state index is 11.8. The van der Waals surface area contributed by atoms with Crippen molar-refractivity contribution in [1.82, 2.24) is 0 Å². The van der Waals surface area contributed by atoms with Crippen molar-refractivity contribution >= 4 is 5.78 Å². The summed E-state index contributed by atoms with van der Waals surface area (Å²) in [5.74, 6) is 0.193. The van der Waals surface area contributed by atoms with Gasteiger partial charge >= 0.3 is 0 Å². The molecule has 0 bridgehead atoms. The Labute approximate surface area is 89.7 Å². The van der Waals surface area contributed by atoms with E-state index in [0.717, 1.165) is 0 Å². The Morgan fingerprint density at radius 2 is 2.00 bits per heavy atom. The van der Waals surface area contributed by atoms with Gasteiger partial charge in [0.05, 0.1) is 12.2 Å². The van der Waals surface area contributed by atoms with Gasteiger partial charge in [0.2, 0.25) is 0 Å². The van der Waals surface area contributed by atoms with E-state index in [1.165, 1.54) is 13.8 Å². The van der Waals surface area contributed by atoms with E-state index < -0.39 is 5.60 Å². The van der Waals surface area contributed by atoms with Crippen molar-refractivity contribution < 1.29 is 14.6 Å². The molecule has 1 rings (SSSR count). The smallest absolute Gasteiger partial charge is 0.197 e. The first-order valence-corrected chi connectivity index (χ1v) is 4.95. The Balaban J connectivity index is 3.08. The highest BCUT2D eigenvalue weighted by atomic mass is 16.5. The van der Waals surface area contributed by atoms with E-state index >= 15 is 0 Å². The van der Waals surface area contributed by atoms with Crippen molar-refractivity contribution in [2.24, 2.45) is 0 Å². The Hall–Kier alpha value is -1.35. The van der Waals surface area contributed by atoms with Gasteiger partial charge in [-0.25, -0.2) is 0 Å². The molecular weight excluding hydrogens is 192 g/mol. The highest BCUT2D eigenvalue weighted by Gasteiger charge is 2.27. The predicted octanol–water partition coefficient (Wildman–Crippen LogP) is 2.04. The fourth-order valence-electron chi connectivity index (χ4n) is 1.27. The molecule has 3 heteroatoms. The monoisotopic (exact) mass is 208 g/mol. The van der Waals surface area contributed by atoms with Crippen molar-refractivity contribution in [1.29, 1.82) is 0 Å². The summed E-state index contributed by atoms with van der Waals surface area (Å²) in [5.41, 5.74) is -0.945. The molecule has 0 saturated heterocycles. The Kier molecular flexibility index (Phi) is 3.48. The molecule has 15 heavy (non-hydrogen) atoms. The first-order chi connectivity index (χ1) is 6.96. The minimum absolute atomic E-state index is 0.327. The average Bonchev–Trinajstić information content (AvgIpc) is 2.17. The number of rotatable bonds is 4. The van der Waals surface area contributed by atoms with Gasteiger partial charge in [0, 0.05) is 0 Å². The summed E-state index contributed by atoms with van der Waals surface area (Å²) in [6.07, 6.45) is 0. The number of aliphatic hydroxyl groups is 1. The Morgan fingerprint density at radius 3 is 2.53 bits per heavy atom. The molecule has 0 aliphatic rings. The van der Waals surface area contributed by atoms with Gasteiger partial charge in [-0.15, -0.1) is 0 Å². The van der Waals surface area contributed by atoms with Crippen LogP contribution in [-0.4, -0.2) is 23.1 Å². The lowest BCUT2D eigenvalue weighted by Gasteiger charge is -2.17. The van der Waals surface area contributed by atoms with Gasteiger partial charge in [0.25, 0.3) is 0 Å². The van der Waals surface area contributed by atoms with E-state index in [1.54, 1.807) is 24.3 Å². The lowest BCUT2D eigenvalue weighted by atomic mass is 9.96. The summed E-state index contributed by atoms with van der Waals surface area (Å²) in [7, 11) is 0. The van der Waals surface area contributed by atoms with Crippen LogP contribution in [0.15, 0.2) is 24.3 Å². The van der Waals surface area contributed by atoms with Gasteiger partial charge in [0.15, 0.2) is 5.78 Å². The summed E-state index contributed by atoms with van der Waals surface area (Å²) in [5, 5.41) is 9.63. The largest absolute Gasteiger partial charge is 0.493 e. The standard InChI is InChI=1S/C12H16O3/c1-4-15-10-8-6-5-7-9(10)11(13)12(2,3)14/h5-8,14H,4H2,1-3H3. The second-order valence-electron chi connectivity index (χ2n) is 3.82. The van der Waals surface area contributed by atoms with Crippen LogP contribution in [0, 0.1) is 0 Å². The molecule has 0 aromatic heterocycles. The molecule has 0 unspecified atom stereocenters. The summed E-state index contributed by atoms with van der Waals surface area (Å²) < 4.78 is 5.32. The molecule has 0 aliphatic heterocycles. The molecule has 0 spiro atoms. The quantitative estimate of drug-likeness (QED) is 0.770. The minimum Gasteiger partial charge on any atom is -0.493 e. The lowest BCUT2D eigenvalue weighted by Crippen LogP contribution is -2.31. The molecule has 0 radical (unpaired) electrons.